The number of carbonyl (C=O) groups excluding carboxylic acids is 1. The van der Waals surface area contributed by atoms with Gasteiger partial charge in [0, 0.05) is 18.6 Å². The van der Waals surface area contributed by atoms with Gasteiger partial charge in [-0.1, -0.05) is 26.7 Å². The largest absolute Gasteiger partial charge is 0.481 e. The number of hydrogen-bond donors (Lipinski definition) is 2. The quantitative estimate of drug-likeness (QED) is 0.832. The van der Waals surface area contributed by atoms with Crippen molar-refractivity contribution in [1.82, 2.24) is 10.2 Å². The van der Waals surface area contributed by atoms with E-state index in [1.807, 2.05) is 18.7 Å². The number of nitrogens with one attached hydrogen (secondary N) is 1. The van der Waals surface area contributed by atoms with Gasteiger partial charge in [0.25, 0.3) is 0 Å². The molecule has 20 heavy (non-hydrogen) atoms. The topological polar surface area (TPSA) is 69.6 Å². The zero-order valence-corrected chi connectivity index (χ0v) is 12.5. The van der Waals surface area contributed by atoms with Crippen LogP contribution in [0.15, 0.2) is 0 Å². The second kappa shape index (κ2) is 6.46. The number of fused-ring (bicyclic) bond motifs is 1. The Balaban J connectivity index is 1.94. The van der Waals surface area contributed by atoms with E-state index in [1.165, 1.54) is 19.3 Å². The van der Waals surface area contributed by atoms with Gasteiger partial charge in [0.05, 0.1) is 6.42 Å². The van der Waals surface area contributed by atoms with Crippen LogP contribution in [0.5, 0.6) is 0 Å². The molecule has 0 aromatic carbocycles. The molecule has 114 valence electrons. The lowest BCUT2D eigenvalue weighted by Gasteiger charge is -2.33. The number of carboxylic acid groups (broad SMARTS) is 1. The van der Waals surface area contributed by atoms with Crippen LogP contribution in [0.2, 0.25) is 0 Å². The van der Waals surface area contributed by atoms with Gasteiger partial charge in [0.1, 0.15) is 0 Å². The van der Waals surface area contributed by atoms with Crippen molar-refractivity contribution in [2.45, 2.75) is 64.5 Å². The molecule has 0 spiro atoms. The summed E-state index contributed by atoms with van der Waals surface area (Å²) in [6.07, 6.45) is 5.91. The van der Waals surface area contributed by atoms with Crippen LogP contribution in [-0.4, -0.2) is 40.6 Å². The highest BCUT2D eigenvalue weighted by Gasteiger charge is 2.38. The van der Waals surface area contributed by atoms with Crippen LogP contribution in [0, 0.1) is 11.8 Å². The number of aliphatic carboxylic acids is 1. The van der Waals surface area contributed by atoms with E-state index in [4.69, 9.17) is 5.11 Å². The number of carbonyl (C=O) groups is 2. The van der Waals surface area contributed by atoms with Gasteiger partial charge in [-0.25, -0.2) is 4.79 Å². The van der Waals surface area contributed by atoms with Crippen molar-refractivity contribution in [3.8, 4) is 0 Å². The summed E-state index contributed by atoms with van der Waals surface area (Å²) < 4.78 is 0. The molecule has 5 heteroatoms. The first-order valence-corrected chi connectivity index (χ1v) is 7.78. The van der Waals surface area contributed by atoms with Gasteiger partial charge in [0.15, 0.2) is 0 Å². The molecule has 5 nitrogen and oxygen atoms in total. The summed E-state index contributed by atoms with van der Waals surface area (Å²) in [6.45, 7) is 4.71. The van der Waals surface area contributed by atoms with Crippen LogP contribution in [0.4, 0.5) is 4.79 Å². The summed E-state index contributed by atoms with van der Waals surface area (Å²) in [5, 5.41) is 11.9. The van der Waals surface area contributed by atoms with Crippen molar-refractivity contribution in [3.63, 3.8) is 0 Å². The number of nitrogens with zero attached hydrogens (tertiary/aromatic N) is 1. The summed E-state index contributed by atoms with van der Waals surface area (Å²) >= 11 is 0. The normalized spacial score (nSPS) is 27.2. The molecule has 2 N–H and O–H groups in total. The van der Waals surface area contributed by atoms with Gasteiger partial charge in [-0.3, -0.25) is 4.79 Å². The highest BCUT2D eigenvalue weighted by molar-refractivity contribution is 5.76. The molecule has 1 aliphatic carbocycles. The van der Waals surface area contributed by atoms with Gasteiger partial charge >= 0.3 is 12.0 Å². The molecular formula is C15H26N2O3. The molecule has 3 atom stereocenters. The molecule has 2 fully saturated rings. The highest BCUT2D eigenvalue weighted by Crippen LogP contribution is 2.36. The molecule has 0 aromatic heterocycles. The lowest BCUT2D eigenvalue weighted by atomic mass is 9.85. The number of amides is 2. The molecule has 2 rings (SSSR count). The third kappa shape index (κ3) is 3.44. The van der Waals surface area contributed by atoms with Crippen LogP contribution in [0.3, 0.4) is 0 Å². The predicted octanol–water partition coefficient (Wildman–Crippen LogP) is 2.46. The molecule has 2 aliphatic rings. The molecule has 0 bridgehead atoms. The minimum absolute atomic E-state index is 0.00859. The fourth-order valence-electron chi connectivity index (χ4n) is 3.54. The molecule has 2 amide bonds. The Labute approximate surface area is 120 Å². The summed E-state index contributed by atoms with van der Waals surface area (Å²) in [5.41, 5.74) is 0. The van der Waals surface area contributed by atoms with Crippen LogP contribution in [0.1, 0.15) is 52.4 Å². The number of hydrogen-bond acceptors (Lipinski definition) is 2. The van der Waals surface area contributed by atoms with Crippen LogP contribution < -0.4 is 5.32 Å². The SMILES string of the molecule is CC(C)C(CC(=O)O)NC(=O)N1CCC2CCCCC21. The Morgan fingerprint density at radius 1 is 1.25 bits per heavy atom. The minimum atomic E-state index is -0.860. The number of carboxylic acids is 1. The fraction of sp³-hybridized carbons (Fsp3) is 0.867. The molecule has 1 saturated carbocycles. The van der Waals surface area contributed by atoms with Crippen LogP contribution >= 0.6 is 0 Å². The summed E-state index contributed by atoms with van der Waals surface area (Å²) in [7, 11) is 0. The maximum Gasteiger partial charge on any atom is 0.317 e. The van der Waals surface area contributed by atoms with E-state index in [9.17, 15) is 9.59 Å². The molecule has 1 saturated heterocycles. The second-order valence-electron chi connectivity index (χ2n) is 6.49. The molecule has 1 aliphatic heterocycles. The van der Waals surface area contributed by atoms with E-state index in [2.05, 4.69) is 5.32 Å². The van der Waals surface area contributed by atoms with E-state index in [0.717, 1.165) is 19.4 Å². The molecule has 1 heterocycles. The maximum absolute atomic E-state index is 12.4. The fourth-order valence-corrected chi connectivity index (χ4v) is 3.54. The average molecular weight is 282 g/mol. The van der Waals surface area contributed by atoms with Crippen LogP contribution in [-0.2, 0) is 4.79 Å². The standard InChI is InChI=1S/C15H26N2O3/c1-10(2)12(9-14(18)19)16-15(20)17-8-7-11-5-3-4-6-13(11)17/h10-13H,3-9H2,1-2H3,(H,16,20)(H,18,19). The Kier molecular flexibility index (Phi) is 4.89. The van der Waals surface area contributed by atoms with Crippen molar-refractivity contribution in [3.05, 3.63) is 0 Å². The third-order valence-electron chi connectivity index (χ3n) is 4.78. The van der Waals surface area contributed by atoms with Gasteiger partial charge in [0.2, 0.25) is 0 Å². The van der Waals surface area contributed by atoms with Crippen molar-refractivity contribution in [1.29, 1.82) is 0 Å². The van der Waals surface area contributed by atoms with E-state index >= 15 is 0 Å². The summed E-state index contributed by atoms with van der Waals surface area (Å²) in [4.78, 5) is 25.2. The van der Waals surface area contributed by atoms with Crippen LogP contribution in [0.25, 0.3) is 0 Å². The molecule has 3 unspecified atom stereocenters. The smallest absolute Gasteiger partial charge is 0.317 e. The summed E-state index contributed by atoms with van der Waals surface area (Å²) in [6, 6.07) is 0.0170. The third-order valence-corrected chi connectivity index (χ3v) is 4.78. The molecular weight excluding hydrogens is 256 g/mol. The minimum Gasteiger partial charge on any atom is -0.481 e. The first kappa shape index (κ1) is 15.1. The van der Waals surface area contributed by atoms with E-state index < -0.39 is 5.97 Å². The van der Waals surface area contributed by atoms with Crippen molar-refractivity contribution in [2.24, 2.45) is 11.8 Å². The van der Waals surface area contributed by atoms with E-state index in [1.54, 1.807) is 0 Å². The Bertz CT molecular complexity index is 370. The monoisotopic (exact) mass is 282 g/mol. The molecule has 0 radical (unpaired) electrons. The maximum atomic E-state index is 12.4. The van der Waals surface area contributed by atoms with Crippen molar-refractivity contribution < 1.29 is 14.7 Å². The first-order valence-electron chi connectivity index (χ1n) is 7.78. The Hall–Kier alpha value is -1.26. The van der Waals surface area contributed by atoms with Crippen molar-refractivity contribution in [2.75, 3.05) is 6.54 Å². The molecule has 0 aromatic rings. The highest BCUT2D eigenvalue weighted by atomic mass is 16.4. The lowest BCUT2D eigenvalue weighted by Crippen LogP contribution is -2.50. The lowest BCUT2D eigenvalue weighted by molar-refractivity contribution is -0.137. The average Bonchev–Trinajstić information content (AvgIpc) is 2.81. The van der Waals surface area contributed by atoms with Gasteiger partial charge in [-0.15, -0.1) is 0 Å². The summed E-state index contributed by atoms with van der Waals surface area (Å²) in [5.74, 6) is -0.0766. The van der Waals surface area contributed by atoms with E-state index in [-0.39, 0.29) is 24.4 Å². The number of urea groups is 1. The zero-order chi connectivity index (χ0) is 14.7. The van der Waals surface area contributed by atoms with Gasteiger partial charge in [-0.2, -0.15) is 0 Å². The zero-order valence-electron chi connectivity index (χ0n) is 12.5. The van der Waals surface area contributed by atoms with E-state index in [0.29, 0.717) is 12.0 Å². The Morgan fingerprint density at radius 2 is 1.95 bits per heavy atom. The van der Waals surface area contributed by atoms with Crippen molar-refractivity contribution >= 4 is 12.0 Å². The predicted molar refractivity (Wildman–Crippen MR) is 76.5 cm³/mol. The van der Waals surface area contributed by atoms with Gasteiger partial charge in [-0.05, 0) is 31.1 Å². The first-order chi connectivity index (χ1) is 9.49. The number of likely N-dealkylation sites (tertiary alicyclic amines) is 1. The Morgan fingerprint density at radius 3 is 2.60 bits per heavy atom. The van der Waals surface area contributed by atoms with Gasteiger partial charge < -0.3 is 15.3 Å². The number of rotatable bonds is 4. The second-order valence-corrected chi connectivity index (χ2v) is 6.49.